The topological polar surface area (TPSA) is 29.1 Å². The Morgan fingerprint density at radius 3 is 3.00 bits per heavy atom. The highest BCUT2D eigenvalue weighted by molar-refractivity contribution is 7.10. The van der Waals surface area contributed by atoms with Gasteiger partial charge in [-0.1, -0.05) is 6.42 Å². The molecule has 4 heteroatoms. The van der Waals surface area contributed by atoms with Crippen LogP contribution in [0.2, 0.25) is 0 Å². The molecule has 2 aliphatic rings. The molecule has 1 amide bonds. The van der Waals surface area contributed by atoms with Gasteiger partial charge in [-0.3, -0.25) is 4.79 Å². The zero-order valence-corrected chi connectivity index (χ0v) is 13.3. The molecule has 0 aliphatic heterocycles. The van der Waals surface area contributed by atoms with E-state index in [4.69, 9.17) is 11.6 Å². The highest BCUT2D eigenvalue weighted by Gasteiger charge is 2.30. The van der Waals surface area contributed by atoms with Crippen molar-refractivity contribution in [2.45, 2.75) is 44.4 Å². The number of hydrogen-bond donors (Lipinski definition) is 1. The lowest BCUT2D eigenvalue weighted by Crippen LogP contribution is -2.35. The van der Waals surface area contributed by atoms with Crippen molar-refractivity contribution in [2.24, 2.45) is 11.8 Å². The van der Waals surface area contributed by atoms with Crippen molar-refractivity contribution < 1.29 is 4.79 Å². The second-order valence-electron chi connectivity index (χ2n) is 6.09. The van der Waals surface area contributed by atoms with Gasteiger partial charge in [0.15, 0.2) is 0 Å². The molecule has 2 nitrogen and oxygen atoms in total. The standard InChI is InChI=1S/C16H22ClNOS/c17-9-11-3-1-4-12(11)10-18-16(19)14-5-2-6-15-13(14)7-8-20-15/h7-8,11-12,14H,1-6,9-10H2,(H,18,19). The van der Waals surface area contributed by atoms with E-state index in [1.54, 1.807) is 11.3 Å². The molecule has 1 aromatic heterocycles. The Bertz CT molecular complexity index is 473. The Morgan fingerprint density at radius 1 is 1.30 bits per heavy atom. The molecule has 2 aliphatic carbocycles. The van der Waals surface area contributed by atoms with Gasteiger partial charge in [-0.2, -0.15) is 0 Å². The average molecular weight is 312 g/mol. The first-order valence-corrected chi connectivity index (χ1v) is 9.11. The third-order valence-electron chi connectivity index (χ3n) is 4.92. The van der Waals surface area contributed by atoms with Crippen LogP contribution in [-0.2, 0) is 11.2 Å². The number of rotatable bonds is 4. The Balaban J connectivity index is 1.58. The summed E-state index contributed by atoms with van der Waals surface area (Å²) in [6, 6.07) is 2.14. The van der Waals surface area contributed by atoms with Crippen LogP contribution < -0.4 is 5.32 Å². The largest absolute Gasteiger partial charge is 0.355 e. The van der Waals surface area contributed by atoms with E-state index in [1.165, 1.54) is 29.7 Å². The number of fused-ring (bicyclic) bond motifs is 1. The van der Waals surface area contributed by atoms with Gasteiger partial charge in [0.25, 0.3) is 0 Å². The van der Waals surface area contributed by atoms with Crippen LogP contribution in [0, 0.1) is 11.8 Å². The Hall–Kier alpha value is -0.540. The van der Waals surface area contributed by atoms with Gasteiger partial charge in [0, 0.05) is 17.3 Å². The summed E-state index contributed by atoms with van der Waals surface area (Å²) in [6.45, 7) is 0.812. The molecule has 1 aromatic rings. The van der Waals surface area contributed by atoms with Gasteiger partial charge in [0.05, 0.1) is 5.92 Å². The minimum absolute atomic E-state index is 0.0841. The normalized spacial score (nSPS) is 29.1. The fourth-order valence-corrected chi connectivity index (χ4v) is 5.09. The molecule has 110 valence electrons. The Morgan fingerprint density at radius 2 is 2.15 bits per heavy atom. The number of aryl methyl sites for hydroxylation is 1. The van der Waals surface area contributed by atoms with Crippen LogP contribution in [0.4, 0.5) is 0 Å². The summed E-state index contributed by atoms with van der Waals surface area (Å²) in [7, 11) is 0. The quantitative estimate of drug-likeness (QED) is 0.838. The molecule has 3 atom stereocenters. The summed E-state index contributed by atoms with van der Waals surface area (Å²) in [6.07, 6.45) is 6.98. The van der Waals surface area contributed by atoms with Crippen molar-refractivity contribution in [2.75, 3.05) is 12.4 Å². The predicted octanol–water partition coefficient (Wildman–Crippen LogP) is 3.94. The highest BCUT2D eigenvalue weighted by atomic mass is 35.5. The van der Waals surface area contributed by atoms with E-state index in [0.717, 1.165) is 31.7 Å². The molecule has 1 saturated carbocycles. The van der Waals surface area contributed by atoms with Gasteiger partial charge in [-0.05, 0) is 60.9 Å². The van der Waals surface area contributed by atoms with Gasteiger partial charge in [0.2, 0.25) is 5.91 Å². The van der Waals surface area contributed by atoms with Gasteiger partial charge in [-0.25, -0.2) is 0 Å². The van der Waals surface area contributed by atoms with Crippen molar-refractivity contribution in [1.82, 2.24) is 5.32 Å². The second kappa shape index (κ2) is 6.48. The first-order chi connectivity index (χ1) is 9.79. The minimum atomic E-state index is 0.0841. The molecule has 1 fully saturated rings. The maximum atomic E-state index is 12.5. The molecular weight excluding hydrogens is 290 g/mol. The number of carbonyl (C=O) groups is 1. The van der Waals surface area contributed by atoms with Crippen LogP contribution in [0.5, 0.6) is 0 Å². The molecule has 0 aromatic carbocycles. The van der Waals surface area contributed by atoms with Crippen LogP contribution in [0.15, 0.2) is 11.4 Å². The maximum Gasteiger partial charge on any atom is 0.227 e. The van der Waals surface area contributed by atoms with Crippen LogP contribution >= 0.6 is 22.9 Å². The number of hydrogen-bond acceptors (Lipinski definition) is 2. The summed E-state index contributed by atoms with van der Waals surface area (Å²) >= 11 is 7.80. The van der Waals surface area contributed by atoms with Crippen LogP contribution in [0.25, 0.3) is 0 Å². The van der Waals surface area contributed by atoms with E-state index in [-0.39, 0.29) is 11.8 Å². The number of halogens is 1. The third-order valence-corrected chi connectivity index (χ3v) is 6.31. The molecule has 3 unspecified atom stereocenters. The van der Waals surface area contributed by atoms with E-state index in [9.17, 15) is 4.79 Å². The van der Waals surface area contributed by atoms with Crippen molar-refractivity contribution in [3.8, 4) is 0 Å². The van der Waals surface area contributed by atoms with E-state index in [2.05, 4.69) is 16.8 Å². The van der Waals surface area contributed by atoms with Gasteiger partial charge in [0.1, 0.15) is 0 Å². The summed E-state index contributed by atoms with van der Waals surface area (Å²) in [4.78, 5) is 13.9. The minimum Gasteiger partial charge on any atom is -0.355 e. The summed E-state index contributed by atoms with van der Waals surface area (Å²) in [5, 5.41) is 5.32. The number of alkyl halides is 1. The average Bonchev–Trinajstić information content (AvgIpc) is 3.12. The molecule has 1 heterocycles. The zero-order chi connectivity index (χ0) is 13.9. The number of thiophene rings is 1. The summed E-state index contributed by atoms with van der Waals surface area (Å²) < 4.78 is 0. The van der Waals surface area contributed by atoms with Crippen molar-refractivity contribution in [3.05, 3.63) is 21.9 Å². The SMILES string of the molecule is O=C(NCC1CCCC1CCl)C1CCCc2sccc21. The number of carbonyl (C=O) groups excluding carboxylic acids is 1. The molecule has 1 N–H and O–H groups in total. The van der Waals surface area contributed by atoms with Gasteiger partial charge < -0.3 is 5.32 Å². The van der Waals surface area contributed by atoms with Crippen molar-refractivity contribution in [3.63, 3.8) is 0 Å². The second-order valence-corrected chi connectivity index (χ2v) is 7.40. The summed E-state index contributed by atoms with van der Waals surface area (Å²) in [5.41, 5.74) is 1.28. The van der Waals surface area contributed by atoms with E-state index in [1.807, 2.05) is 0 Å². The lowest BCUT2D eigenvalue weighted by molar-refractivity contribution is -0.123. The van der Waals surface area contributed by atoms with Crippen LogP contribution in [0.1, 0.15) is 48.5 Å². The van der Waals surface area contributed by atoms with Gasteiger partial charge in [-0.15, -0.1) is 22.9 Å². The van der Waals surface area contributed by atoms with E-state index >= 15 is 0 Å². The monoisotopic (exact) mass is 311 g/mol. The molecule has 3 rings (SSSR count). The lowest BCUT2D eigenvalue weighted by atomic mass is 9.87. The highest BCUT2D eigenvalue weighted by Crippen LogP contribution is 2.36. The Labute approximate surface area is 129 Å². The molecule has 0 saturated heterocycles. The molecule has 0 bridgehead atoms. The Kier molecular flexibility index (Phi) is 4.67. The van der Waals surface area contributed by atoms with Crippen molar-refractivity contribution in [1.29, 1.82) is 0 Å². The van der Waals surface area contributed by atoms with E-state index < -0.39 is 0 Å². The maximum absolute atomic E-state index is 12.5. The van der Waals surface area contributed by atoms with Crippen LogP contribution in [-0.4, -0.2) is 18.3 Å². The lowest BCUT2D eigenvalue weighted by Gasteiger charge is -2.24. The van der Waals surface area contributed by atoms with E-state index in [0.29, 0.717) is 11.8 Å². The van der Waals surface area contributed by atoms with Crippen LogP contribution in [0.3, 0.4) is 0 Å². The molecule has 0 radical (unpaired) electrons. The first-order valence-electron chi connectivity index (χ1n) is 7.69. The van der Waals surface area contributed by atoms with Crippen molar-refractivity contribution >= 4 is 28.8 Å². The first kappa shape index (κ1) is 14.4. The number of nitrogens with one attached hydrogen (secondary N) is 1. The molecule has 20 heavy (non-hydrogen) atoms. The third kappa shape index (κ3) is 2.89. The predicted molar refractivity (Wildman–Crippen MR) is 84.6 cm³/mol. The molecular formula is C16H22ClNOS. The zero-order valence-electron chi connectivity index (χ0n) is 11.7. The molecule has 0 spiro atoms. The fraction of sp³-hybridized carbons (Fsp3) is 0.688. The summed E-state index contributed by atoms with van der Waals surface area (Å²) in [5.74, 6) is 2.23. The van der Waals surface area contributed by atoms with Gasteiger partial charge >= 0.3 is 0 Å². The fourth-order valence-electron chi connectivity index (χ4n) is 3.70. The number of amides is 1. The smallest absolute Gasteiger partial charge is 0.227 e.